The second-order valence-electron chi connectivity index (χ2n) is 4.61. The fraction of sp³-hybridized carbons (Fsp3) is 0.692. The molecule has 0 amide bonds. The van der Waals surface area contributed by atoms with E-state index in [4.69, 9.17) is 0 Å². The van der Waals surface area contributed by atoms with E-state index < -0.39 is 0 Å². The van der Waals surface area contributed by atoms with Gasteiger partial charge in [-0.15, -0.1) is 11.3 Å². The summed E-state index contributed by atoms with van der Waals surface area (Å²) in [6.45, 7) is 15.4. The van der Waals surface area contributed by atoms with Crippen LogP contribution in [0.15, 0.2) is 11.4 Å². The van der Waals surface area contributed by atoms with E-state index in [-0.39, 0.29) is 0 Å². The van der Waals surface area contributed by atoms with E-state index in [0.29, 0.717) is 11.3 Å². The third kappa shape index (κ3) is 3.45. The molecule has 0 saturated heterocycles. The van der Waals surface area contributed by atoms with Crippen molar-refractivity contribution in [1.29, 1.82) is 0 Å². The Bertz CT molecular complexity index is 250. The molecular formula is C13H24S. The number of rotatable bonds is 1. The zero-order valence-corrected chi connectivity index (χ0v) is 11.5. The van der Waals surface area contributed by atoms with Gasteiger partial charge in [-0.1, -0.05) is 48.5 Å². The Labute approximate surface area is 93.4 Å². The molecule has 1 heterocycles. The fourth-order valence-corrected chi connectivity index (χ4v) is 2.53. The fourth-order valence-electron chi connectivity index (χ4n) is 1.38. The van der Waals surface area contributed by atoms with Crippen molar-refractivity contribution in [2.75, 3.05) is 0 Å². The second-order valence-corrected chi connectivity index (χ2v) is 5.53. The third-order valence-electron chi connectivity index (χ3n) is 2.00. The molecule has 0 spiro atoms. The predicted octanol–water partition coefficient (Wildman–Crippen LogP) is 5.20. The van der Waals surface area contributed by atoms with Crippen molar-refractivity contribution >= 4 is 11.3 Å². The molecule has 0 aliphatic carbocycles. The molecular weight excluding hydrogens is 188 g/mol. The smallest absolute Gasteiger partial charge is 0.0133 e. The van der Waals surface area contributed by atoms with Gasteiger partial charge in [-0.3, -0.25) is 0 Å². The highest BCUT2D eigenvalue weighted by atomic mass is 32.1. The highest BCUT2D eigenvalue weighted by Gasteiger charge is 2.20. The van der Waals surface area contributed by atoms with Crippen molar-refractivity contribution in [2.45, 2.75) is 59.8 Å². The number of hydrogen-bond donors (Lipinski definition) is 0. The SMILES string of the molecule is CC.CC(C)c1ccsc1C(C)(C)C. The van der Waals surface area contributed by atoms with Crippen LogP contribution < -0.4 is 0 Å². The van der Waals surface area contributed by atoms with Crippen LogP contribution in [0.2, 0.25) is 0 Å². The minimum atomic E-state index is 0.313. The molecule has 1 aromatic heterocycles. The van der Waals surface area contributed by atoms with Crippen molar-refractivity contribution in [3.05, 3.63) is 21.9 Å². The van der Waals surface area contributed by atoms with Crippen LogP contribution in [0.3, 0.4) is 0 Å². The van der Waals surface area contributed by atoms with Gasteiger partial charge >= 0.3 is 0 Å². The van der Waals surface area contributed by atoms with Gasteiger partial charge in [-0.2, -0.15) is 0 Å². The summed E-state index contributed by atoms with van der Waals surface area (Å²) in [6, 6.07) is 2.26. The van der Waals surface area contributed by atoms with Crippen molar-refractivity contribution in [2.24, 2.45) is 0 Å². The van der Waals surface area contributed by atoms with Crippen LogP contribution in [-0.2, 0) is 5.41 Å². The van der Waals surface area contributed by atoms with Crippen LogP contribution in [0.25, 0.3) is 0 Å². The van der Waals surface area contributed by atoms with Gasteiger partial charge in [0.15, 0.2) is 0 Å². The summed E-state index contributed by atoms with van der Waals surface area (Å²) in [5.41, 5.74) is 1.83. The van der Waals surface area contributed by atoms with Crippen LogP contribution >= 0.6 is 11.3 Å². The van der Waals surface area contributed by atoms with Gasteiger partial charge in [0.2, 0.25) is 0 Å². The molecule has 0 N–H and O–H groups in total. The Morgan fingerprint density at radius 3 is 1.93 bits per heavy atom. The maximum atomic E-state index is 2.28. The van der Waals surface area contributed by atoms with Crippen molar-refractivity contribution < 1.29 is 0 Å². The molecule has 0 unspecified atom stereocenters. The molecule has 1 rings (SSSR count). The van der Waals surface area contributed by atoms with E-state index in [1.807, 2.05) is 25.2 Å². The molecule has 0 radical (unpaired) electrons. The lowest BCUT2D eigenvalue weighted by molar-refractivity contribution is 0.592. The van der Waals surface area contributed by atoms with Crippen molar-refractivity contribution in [3.8, 4) is 0 Å². The highest BCUT2D eigenvalue weighted by Crippen LogP contribution is 2.34. The molecule has 0 bridgehead atoms. The van der Waals surface area contributed by atoms with Gasteiger partial charge in [-0.05, 0) is 28.3 Å². The van der Waals surface area contributed by atoms with Crippen LogP contribution in [0.5, 0.6) is 0 Å². The first kappa shape index (κ1) is 13.7. The average molecular weight is 212 g/mol. The highest BCUT2D eigenvalue weighted by molar-refractivity contribution is 7.10. The molecule has 0 fully saturated rings. The molecule has 0 atom stereocenters. The molecule has 0 saturated carbocycles. The van der Waals surface area contributed by atoms with Crippen LogP contribution in [-0.4, -0.2) is 0 Å². The van der Waals surface area contributed by atoms with Crippen LogP contribution in [0.4, 0.5) is 0 Å². The Kier molecular flexibility index (Phi) is 5.43. The Balaban J connectivity index is 0.000000791. The normalized spacial score (nSPS) is 11.1. The van der Waals surface area contributed by atoms with Crippen LogP contribution in [0.1, 0.15) is 64.8 Å². The van der Waals surface area contributed by atoms with Crippen LogP contribution in [0, 0.1) is 0 Å². The summed E-state index contributed by atoms with van der Waals surface area (Å²) in [4.78, 5) is 1.54. The topological polar surface area (TPSA) is 0 Å². The molecule has 0 aliphatic rings. The van der Waals surface area contributed by atoms with E-state index >= 15 is 0 Å². The van der Waals surface area contributed by atoms with Gasteiger partial charge in [0.05, 0.1) is 0 Å². The van der Waals surface area contributed by atoms with Crippen molar-refractivity contribution in [3.63, 3.8) is 0 Å². The maximum absolute atomic E-state index is 2.28. The monoisotopic (exact) mass is 212 g/mol. The minimum Gasteiger partial charge on any atom is -0.148 e. The Hall–Kier alpha value is -0.300. The van der Waals surface area contributed by atoms with E-state index in [2.05, 4.69) is 46.1 Å². The molecule has 1 aromatic rings. The molecule has 0 aliphatic heterocycles. The molecule has 0 aromatic carbocycles. The Morgan fingerprint density at radius 1 is 1.14 bits per heavy atom. The quantitative estimate of drug-likeness (QED) is 0.600. The largest absolute Gasteiger partial charge is 0.148 e. The Morgan fingerprint density at radius 2 is 1.64 bits per heavy atom. The number of hydrogen-bond acceptors (Lipinski definition) is 1. The first-order valence-corrected chi connectivity index (χ1v) is 6.38. The predicted molar refractivity (Wildman–Crippen MR) is 68.5 cm³/mol. The zero-order chi connectivity index (χ0) is 11.4. The average Bonchev–Trinajstić information content (AvgIpc) is 2.54. The summed E-state index contributed by atoms with van der Waals surface area (Å²) in [5, 5.41) is 2.20. The van der Waals surface area contributed by atoms with Gasteiger partial charge in [0.25, 0.3) is 0 Å². The van der Waals surface area contributed by atoms with Gasteiger partial charge in [0.1, 0.15) is 0 Å². The third-order valence-corrected chi connectivity index (χ3v) is 3.35. The van der Waals surface area contributed by atoms with E-state index in [0.717, 1.165) is 0 Å². The lowest BCUT2D eigenvalue weighted by Gasteiger charge is -2.20. The lowest BCUT2D eigenvalue weighted by atomic mass is 9.88. The van der Waals surface area contributed by atoms with E-state index in [1.165, 1.54) is 10.4 Å². The number of thiophene rings is 1. The summed E-state index contributed by atoms with van der Waals surface area (Å²) >= 11 is 1.88. The van der Waals surface area contributed by atoms with Gasteiger partial charge in [-0.25, -0.2) is 0 Å². The second kappa shape index (κ2) is 5.55. The lowest BCUT2D eigenvalue weighted by Crippen LogP contribution is -2.11. The summed E-state index contributed by atoms with van der Waals surface area (Å²) in [6.07, 6.45) is 0. The molecule has 0 nitrogen and oxygen atoms in total. The zero-order valence-electron chi connectivity index (χ0n) is 10.6. The first-order valence-electron chi connectivity index (χ1n) is 5.51. The standard InChI is InChI=1S/C11H18S.C2H6/c1-8(2)9-6-7-12-10(9)11(3,4)5;1-2/h6-8H,1-5H3;1-2H3. The molecule has 82 valence electrons. The van der Waals surface area contributed by atoms with Crippen molar-refractivity contribution in [1.82, 2.24) is 0 Å². The van der Waals surface area contributed by atoms with E-state index in [9.17, 15) is 0 Å². The summed E-state index contributed by atoms with van der Waals surface area (Å²) < 4.78 is 0. The van der Waals surface area contributed by atoms with E-state index in [1.54, 1.807) is 0 Å². The maximum Gasteiger partial charge on any atom is 0.0133 e. The summed E-state index contributed by atoms with van der Waals surface area (Å²) in [5.74, 6) is 0.658. The van der Waals surface area contributed by atoms with Gasteiger partial charge in [0, 0.05) is 4.88 Å². The molecule has 14 heavy (non-hydrogen) atoms. The minimum absolute atomic E-state index is 0.313. The first-order chi connectivity index (χ1) is 6.43. The van der Waals surface area contributed by atoms with Gasteiger partial charge < -0.3 is 0 Å². The molecule has 1 heteroatoms. The summed E-state index contributed by atoms with van der Waals surface area (Å²) in [7, 11) is 0.